The van der Waals surface area contributed by atoms with Crippen LogP contribution in [-0.2, 0) is 16.0 Å². The van der Waals surface area contributed by atoms with E-state index >= 15 is 0 Å². The largest absolute Gasteiger partial charge is 0.351 e. The molecule has 1 aliphatic heterocycles. The molecular formula is C24H28N4O5. The smallest absolute Gasteiger partial charge is 0.269 e. The molecule has 0 saturated carbocycles. The first kappa shape index (κ1) is 23.9. The van der Waals surface area contributed by atoms with Gasteiger partial charge in [0.05, 0.1) is 4.92 Å². The molecule has 1 fully saturated rings. The number of benzene rings is 2. The van der Waals surface area contributed by atoms with Crippen molar-refractivity contribution in [2.75, 3.05) is 13.1 Å². The van der Waals surface area contributed by atoms with Crippen LogP contribution in [0.1, 0.15) is 41.3 Å². The molecule has 1 heterocycles. The zero-order valence-electron chi connectivity index (χ0n) is 18.7. The van der Waals surface area contributed by atoms with Crippen molar-refractivity contribution in [3.8, 4) is 0 Å². The normalized spacial score (nSPS) is 14.9. The number of nitro groups is 1. The van der Waals surface area contributed by atoms with Gasteiger partial charge in [-0.15, -0.1) is 0 Å². The van der Waals surface area contributed by atoms with E-state index < -0.39 is 11.0 Å². The SMILES string of the molecule is CC(=O)NC(Cc1ccc(C)cc1)C(=O)NC1CCN(C(=O)c2ccc([N+](=O)[O-])cc2)CC1. The fourth-order valence-electron chi connectivity index (χ4n) is 3.85. The van der Waals surface area contributed by atoms with Crippen LogP contribution in [0, 0.1) is 17.0 Å². The molecule has 174 valence electrons. The zero-order chi connectivity index (χ0) is 24.0. The highest BCUT2D eigenvalue weighted by molar-refractivity contribution is 5.94. The number of nitrogens with one attached hydrogen (secondary N) is 2. The van der Waals surface area contributed by atoms with E-state index in [1.54, 1.807) is 4.90 Å². The summed E-state index contributed by atoms with van der Waals surface area (Å²) < 4.78 is 0. The number of nitro benzene ring substituents is 1. The van der Waals surface area contributed by atoms with Gasteiger partial charge in [-0.05, 0) is 37.5 Å². The number of carbonyl (C=O) groups is 3. The molecule has 2 aromatic carbocycles. The van der Waals surface area contributed by atoms with E-state index in [2.05, 4.69) is 10.6 Å². The monoisotopic (exact) mass is 452 g/mol. The van der Waals surface area contributed by atoms with Gasteiger partial charge in [-0.2, -0.15) is 0 Å². The molecule has 0 bridgehead atoms. The van der Waals surface area contributed by atoms with Gasteiger partial charge in [-0.3, -0.25) is 24.5 Å². The lowest BCUT2D eigenvalue weighted by molar-refractivity contribution is -0.384. The van der Waals surface area contributed by atoms with Crippen LogP contribution in [-0.4, -0.2) is 52.7 Å². The third kappa shape index (κ3) is 6.61. The molecular weight excluding hydrogens is 424 g/mol. The van der Waals surface area contributed by atoms with E-state index in [1.165, 1.54) is 31.2 Å². The fraction of sp³-hybridized carbons (Fsp3) is 0.375. The Balaban J connectivity index is 1.55. The van der Waals surface area contributed by atoms with E-state index in [0.717, 1.165) is 11.1 Å². The molecule has 9 nitrogen and oxygen atoms in total. The molecule has 1 aliphatic rings. The van der Waals surface area contributed by atoms with Gasteiger partial charge >= 0.3 is 0 Å². The van der Waals surface area contributed by atoms with E-state index in [0.29, 0.717) is 37.9 Å². The van der Waals surface area contributed by atoms with Crippen LogP contribution >= 0.6 is 0 Å². The lowest BCUT2D eigenvalue weighted by Gasteiger charge is -2.33. The lowest BCUT2D eigenvalue weighted by atomic mass is 10.0. The highest BCUT2D eigenvalue weighted by atomic mass is 16.6. The van der Waals surface area contributed by atoms with Crippen LogP contribution in [0.5, 0.6) is 0 Å². The molecule has 1 unspecified atom stereocenters. The molecule has 3 amide bonds. The summed E-state index contributed by atoms with van der Waals surface area (Å²) in [6, 6.07) is 12.6. The summed E-state index contributed by atoms with van der Waals surface area (Å²) in [5.74, 6) is -0.707. The van der Waals surface area contributed by atoms with Crippen molar-refractivity contribution in [3.05, 3.63) is 75.3 Å². The van der Waals surface area contributed by atoms with Crippen molar-refractivity contribution in [1.82, 2.24) is 15.5 Å². The first-order chi connectivity index (χ1) is 15.7. The highest BCUT2D eigenvalue weighted by Gasteiger charge is 2.27. The first-order valence-corrected chi connectivity index (χ1v) is 10.9. The Morgan fingerprint density at radius 1 is 1.06 bits per heavy atom. The van der Waals surface area contributed by atoms with Crippen LogP contribution in [0.15, 0.2) is 48.5 Å². The number of hydrogen-bond acceptors (Lipinski definition) is 5. The summed E-state index contributed by atoms with van der Waals surface area (Å²) in [6.07, 6.45) is 1.56. The second-order valence-corrected chi connectivity index (χ2v) is 8.32. The van der Waals surface area contributed by atoms with Gasteiger partial charge < -0.3 is 15.5 Å². The highest BCUT2D eigenvalue weighted by Crippen LogP contribution is 2.17. The van der Waals surface area contributed by atoms with Crippen LogP contribution in [0.4, 0.5) is 5.69 Å². The van der Waals surface area contributed by atoms with Gasteiger partial charge in [0, 0.05) is 50.2 Å². The minimum absolute atomic E-state index is 0.0627. The molecule has 1 atom stereocenters. The average Bonchev–Trinajstić information content (AvgIpc) is 2.80. The Labute approximate surface area is 192 Å². The van der Waals surface area contributed by atoms with Crippen LogP contribution < -0.4 is 10.6 Å². The molecule has 0 aromatic heterocycles. The minimum Gasteiger partial charge on any atom is -0.351 e. The van der Waals surface area contributed by atoms with Crippen molar-refractivity contribution in [2.45, 2.75) is 45.2 Å². The molecule has 3 rings (SSSR count). The van der Waals surface area contributed by atoms with E-state index in [9.17, 15) is 24.5 Å². The Bertz CT molecular complexity index is 1010. The number of rotatable bonds is 7. The summed E-state index contributed by atoms with van der Waals surface area (Å²) in [5.41, 5.74) is 2.41. The summed E-state index contributed by atoms with van der Waals surface area (Å²) in [7, 11) is 0. The number of piperidine rings is 1. The van der Waals surface area contributed by atoms with Crippen molar-refractivity contribution in [1.29, 1.82) is 0 Å². The fourth-order valence-corrected chi connectivity index (χ4v) is 3.85. The third-order valence-corrected chi connectivity index (χ3v) is 5.71. The molecule has 2 aromatic rings. The molecule has 0 aliphatic carbocycles. The maximum absolute atomic E-state index is 12.9. The van der Waals surface area contributed by atoms with E-state index in [4.69, 9.17) is 0 Å². The number of nitrogens with zero attached hydrogens (tertiary/aromatic N) is 2. The van der Waals surface area contributed by atoms with Crippen molar-refractivity contribution in [2.24, 2.45) is 0 Å². The first-order valence-electron chi connectivity index (χ1n) is 10.9. The molecule has 9 heteroatoms. The predicted molar refractivity (Wildman–Crippen MR) is 123 cm³/mol. The number of non-ortho nitro benzene ring substituents is 1. The van der Waals surface area contributed by atoms with Crippen molar-refractivity contribution < 1.29 is 19.3 Å². The molecule has 1 saturated heterocycles. The van der Waals surface area contributed by atoms with Crippen LogP contribution in [0.3, 0.4) is 0 Å². The number of hydrogen-bond donors (Lipinski definition) is 2. The number of likely N-dealkylation sites (tertiary alicyclic amines) is 1. The lowest BCUT2D eigenvalue weighted by Crippen LogP contribution is -2.53. The summed E-state index contributed by atoms with van der Waals surface area (Å²) in [5, 5.41) is 16.5. The Morgan fingerprint density at radius 3 is 2.21 bits per heavy atom. The van der Waals surface area contributed by atoms with Crippen LogP contribution in [0.2, 0.25) is 0 Å². The standard InChI is InChI=1S/C24H28N4O5/c1-16-3-5-18(6-4-16)15-22(25-17(2)29)23(30)26-20-11-13-27(14-12-20)24(31)19-7-9-21(10-8-19)28(32)33/h3-10,20,22H,11-15H2,1-2H3,(H,25,29)(H,26,30). The van der Waals surface area contributed by atoms with Gasteiger partial charge in [0.2, 0.25) is 11.8 Å². The van der Waals surface area contributed by atoms with E-state index in [1.807, 2.05) is 31.2 Å². The number of carbonyl (C=O) groups excluding carboxylic acids is 3. The van der Waals surface area contributed by atoms with Gasteiger partial charge in [0.25, 0.3) is 11.6 Å². The predicted octanol–water partition coefficient (Wildman–Crippen LogP) is 2.37. The van der Waals surface area contributed by atoms with Gasteiger partial charge in [-0.1, -0.05) is 29.8 Å². The Hall–Kier alpha value is -3.75. The number of aryl methyl sites for hydroxylation is 1. The van der Waals surface area contributed by atoms with Crippen LogP contribution in [0.25, 0.3) is 0 Å². The third-order valence-electron chi connectivity index (χ3n) is 5.71. The summed E-state index contributed by atoms with van der Waals surface area (Å²) in [4.78, 5) is 49.2. The second kappa shape index (κ2) is 10.7. The molecule has 2 N–H and O–H groups in total. The maximum Gasteiger partial charge on any atom is 0.269 e. The van der Waals surface area contributed by atoms with Crippen molar-refractivity contribution in [3.63, 3.8) is 0 Å². The van der Waals surface area contributed by atoms with E-state index in [-0.39, 0.29) is 29.5 Å². The Kier molecular flexibility index (Phi) is 7.76. The molecule has 33 heavy (non-hydrogen) atoms. The average molecular weight is 453 g/mol. The van der Waals surface area contributed by atoms with Crippen molar-refractivity contribution >= 4 is 23.4 Å². The maximum atomic E-state index is 12.9. The zero-order valence-corrected chi connectivity index (χ0v) is 18.7. The summed E-state index contributed by atoms with van der Waals surface area (Å²) in [6.45, 7) is 4.30. The summed E-state index contributed by atoms with van der Waals surface area (Å²) >= 11 is 0. The second-order valence-electron chi connectivity index (χ2n) is 8.32. The van der Waals surface area contributed by atoms with Gasteiger partial charge in [0.15, 0.2) is 0 Å². The molecule has 0 spiro atoms. The molecule has 0 radical (unpaired) electrons. The van der Waals surface area contributed by atoms with Gasteiger partial charge in [-0.25, -0.2) is 0 Å². The Morgan fingerprint density at radius 2 is 1.67 bits per heavy atom. The topological polar surface area (TPSA) is 122 Å². The quantitative estimate of drug-likeness (QED) is 0.493. The number of amides is 3. The van der Waals surface area contributed by atoms with Gasteiger partial charge in [0.1, 0.15) is 6.04 Å². The minimum atomic E-state index is -0.676.